The third-order valence-electron chi connectivity index (χ3n) is 3.27. The van der Waals surface area contributed by atoms with Crippen molar-refractivity contribution in [1.82, 2.24) is 10.3 Å². The molecule has 0 saturated heterocycles. The summed E-state index contributed by atoms with van der Waals surface area (Å²) < 4.78 is 10.4. The number of carbonyl (C=O) groups excluding carboxylic acids is 2. The molecule has 0 fully saturated rings. The van der Waals surface area contributed by atoms with E-state index in [2.05, 4.69) is 10.3 Å². The molecule has 132 valence electrons. The SMILES string of the molecule is C[C@H](Oc1ccccn1)C(=O)NC[C@H](O)C(=O)OCc1ccccc1. The van der Waals surface area contributed by atoms with E-state index in [9.17, 15) is 14.7 Å². The molecule has 0 unspecified atom stereocenters. The van der Waals surface area contributed by atoms with Gasteiger partial charge >= 0.3 is 5.97 Å². The van der Waals surface area contributed by atoms with E-state index < -0.39 is 24.1 Å². The molecule has 7 nitrogen and oxygen atoms in total. The van der Waals surface area contributed by atoms with Crippen molar-refractivity contribution in [3.63, 3.8) is 0 Å². The van der Waals surface area contributed by atoms with Crippen LogP contribution >= 0.6 is 0 Å². The monoisotopic (exact) mass is 344 g/mol. The standard InChI is InChI=1S/C18H20N2O5/c1-13(25-16-9-5-6-10-19-16)17(22)20-11-15(21)18(23)24-12-14-7-3-2-4-8-14/h2-10,13,15,21H,11-12H2,1H3,(H,20,22)/t13-,15-/m0/s1. The summed E-state index contributed by atoms with van der Waals surface area (Å²) in [4.78, 5) is 27.6. The number of rotatable bonds is 8. The second-order valence-corrected chi connectivity index (χ2v) is 5.28. The van der Waals surface area contributed by atoms with E-state index in [0.29, 0.717) is 5.88 Å². The first-order valence-electron chi connectivity index (χ1n) is 7.80. The molecule has 1 aromatic carbocycles. The van der Waals surface area contributed by atoms with Gasteiger partial charge < -0.3 is 19.9 Å². The van der Waals surface area contributed by atoms with Crippen molar-refractivity contribution >= 4 is 11.9 Å². The van der Waals surface area contributed by atoms with Crippen LogP contribution in [-0.4, -0.2) is 40.7 Å². The van der Waals surface area contributed by atoms with Crippen LogP contribution < -0.4 is 10.1 Å². The van der Waals surface area contributed by atoms with Crippen LogP contribution in [0.15, 0.2) is 54.7 Å². The predicted molar refractivity (Wildman–Crippen MR) is 89.6 cm³/mol. The van der Waals surface area contributed by atoms with Crippen LogP contribution in [0.25, 0.3) is 0 Å². The summed E-state index contributed by atoms with van der Waals surface area (Å²) >= 11 is 0. The second kappa shape index (κ2) is 9.39. The van der Waals surface area contributed by atoms with E-state index >= 15 is 0 Å². The van der Waals surface area contributed by atoms with E-state index in [1.54, 1.807) is 43.5 Å². The number of ether oxygens (including phenoxy) is 2. The van der Waals surface area contributed by atoms with Crippen molar-refractivity contribution in [3.05, 3.63) is 60.3 Å². The fourth-order valence-electron chi connectivity index (χ4n) is 1.90. The minimum absolute atomic E-state index is 0.0594. The summed E-state index contributed by atoms with van der Waals surface area (Å²) in [5, 5.41) is 12.2. The summed E-state index contributed by atoms with van der Waals surface area (Å²) in [6.45, 7) is 1.34. The van der Waals surface area contributed by atoms with Crippen LogP contribution in [0, 0.1) is 0 Å². The van der Waals surface area contributed by atoms with Gasteiger partial charge in [-0.25, -0.2) is 9.78 Å². The van der Waals surface area contributed by atoms with E-state index in [0.717, 1.165) is 5.56 Å². The molecule has 2 rings (SSSR count). The molecule has 0 saturated carbocycles. The Hall–Kier alpha value is -2.93. The van der Waals surface area contributed by atoms with Gasteiger partial charge in [0.25, 0.3) is 5.91 Å². The Balaban J connectivity index is 1.71. The van der Waals surface area contributed by atoms with Gasteiger partial charge in [0.1, 0.15) is 6.61 Å². The molecule has 1 amide bonds. The summed E-state index contributed by atoms with van der Waals surface area (Å²) in [6, 6.07) is 14.2. The highest BCUT2D eigenvalue weighted by atomic mass is 16.5. The number of pyridine rings is 1. The van der Waals surface area contributed by atoms with Gasteiger partial charge in [0.15, 0.2) is 12.2 Å². The van der Waals surface area contributed by atoms with E-state index in [1.165, 1.54) is 0 Å². The summed E-state index contributed by atoms with van der Waals surface area (Å²) in [6.07, 6.45) is -0.718. The van der Waals surface area contributed by atoms with Gasteiger partial charge in [-0.3, -0.25) is 4.79 Å². The molecule has 0 aliphatic heterocycles. The zero-order valence-electron chi connectivity index (χ0n) is 13.8. The second-order valence-electron chi connectivity index (χ2n) is 5.28. The number of hydrogen-bond donors (Lipinski definition) is 2. The minimum atomic E-state index is -1.45. The lowest BCUT2D eigenvalue weighted by Crippen LogP contribution is -2.42. The van der Waals surface area contributed by atoms with Gasteiger partial charge in [0.05, 0.1) is 6.54 Å². The van der Waals surface area contributed by atoms with Crippen molar-refractivity contribution in [3.8, 4) is 5.88 Å². The summed E-state index contributed by atoms with van der Waals surface area (Å²) in [5.74, 6) is -0.962. The quantitative estimate of drug-likeness (QED) is 0.695. The first-order chi connectivity index (χ1) is 12.1. The first kappa shape index (κ1) is 18.4. The van der Waals surface area contributed by atoms with Crippen molar-refractivity contribution < 1.29 is 24.2 Å². The molecule has 0 spiro atoms. The highest BCUT2D eigenvalue weighted by Gasteiger charge is 2.20. The molecular weight excluding hydrogens is 324 g/mol. The molecule has 2 atom stereocenters. The van der Waals surface area contributed by atoms with Crippen LogP contribution in [0.5, 0.6) is 5.88 Å². The van der Waals surface area contributed by atoms with Gasteiger partial charge in [-0.15, -0.1) is 0 Å². The van der Waals surface area contributed by atoms with Crippen molar-refractivity contribution in [1.29, 1.82) is 0 Å². The number of esters is 1. The number of aliphatic hydroxyl groups excluding tert-OH is 1. The van der Waals surface area contributed by atoms with E-state index in [4.69, 9.17) is 9.47 Å². The Labute approximate surface area is 145 Å². The van der Waals surface area contributed by atoms with Crippen LogP contribution in [0.2, 0.25) is 0 Å². The van der Waals surface area contributed by atoms with Gasteiger partial charge in [0, 0.05) is 12.3 Å². The first-order valence-corrected chi connectivity index (χ1v) is 7.80. The molecule has 7 heteroatoms. The number of benzene rings is 1. The van der Waals surface area contributed by atoms with E-state index in [1.807, 2.05) is 18.2 Å². The fraction of sp³-hybridized carbons (Fsp3) is 0.278. The van der Waals surface area contributed by atoms with Crippen molar-refractivity contribution in [2.24, 2.45) is 0 Å². The summed E-state index contributed by atoms with van der Waals surface area (Å²) in [5.41, 5.74) is 0.810. The molecule has 0 aliphatic carbocycles. The number of hydrogen-bond acceptors (Lipinski definition) is 6. The number of aromatic nitrogens is 1. The molecule has 0 aliphatic rings. The predicted octanol–water partition coefficient (Wildman–Crippen LogP) is 1.07. The van der Waals surface area contributed by atoms with E-state index in [-0.39, 0.29) is 13.2 Å². The molecule has 0 radical (unpaired) electrons. The molecule has 1 heterocycles. The van der Waals surface area contributed by atoms with Crippen molar-refractivity contribution in [2.75, 3.05) is 6.54 Å². The Morgan fingerprint density at radius 1 is 1.16 bits per heavy atom. The number of nitrogens with zero attached hydrogens (tertiary/aromatic N) is 1. The maximum absolute atomic E-state index is 11.9. The Morgan fingerprint density at radius 2 is 1.88 bits per heavy atom. The highest BCUT2D eigenvalue weighted by molar-refractivity contribution is 5.82. The maximum atomic E-state index is 11.9. The highest BCUT2D eigenvalue weighted by Crippen LogP contribution is 2.06. The lowest BCUT2D eigenvalue weighted by molar-refractivity contribution is -0.154. The third kappa shape index (κ3) is 6.23. The van der Waals surface area contributed by atoms with Gasteiger partial charge in [-0.1, -0.05) is 36.4 Å². The third-order valence-corrected chi connectivity index (χ3v) is 3.27. The largest absolute Gasteiger partial charge is 0.465 e. The van der Waals surface area contributed by atoms with Gasteiger partial charge in [-0.2, -0.15) is 0 Å². The smallest absolute Gasteiger partial charge is 0.337 e. The van der Waals surface area contributed by atoms with Gasteiger partial charge in [-0.05, 0) is 18.6 Å². The molecule has 2 aromatic rings. The minimum Gasteiger partial charge on any atom is -0.465 e. The van der Waals surface area contributed by atoms with Crippen molar-refractivity contribution in [2.45, 2.75) is 25.7 Å². The maximum Gasteiger partial charge on any atom is 0.337 e. The average Bonchev–Trinajstić information content (AvgIpc) is 2.65. The average molecular weight is 344 g/mol. The fourth-order valence-corrected chi connectivity index (χ4v) is 1.90. The number of nitrogens with one attached hydrogen (secondary N) is 1. The number of aliphatic hydroxyl groups is 1. The summed E-state index contributed by atoms with van der Waals surface area (Å²) in [7, 11) is 0. The molecule has 0 bridgehead atoms. The van der Waals surface area contributed by atoms with Gasteiger partial charge in [0.2, 0.25) is 5.88 Å². The lowest BCUT2D eigenvalue weighted by atomic mass is 10.2. The Kier molecular flexibility index (Phi) is 6.91. The van der Waals surface area contributed by atoms with Crippen LogP contribution in [0.4, 0.5) is 0 Å². The zero-order valence-corrected chi connectivity index (χ0v) is 13.8. The molecule has 25 heavy (non-hydrogen) atoms. The number of carbonyl (C=O) groups is 2. The zero-order chi connectivity index (χ0) is 18.1. The van der Waals surface area contributed by atoms with Crippen LogP contribution in [-0.2, 0) is 20.9 Å². The molecule has 2 N–H and O–H groups in total. The normalized spacial score (nSPS) is 12.7. The van der Waals surface area contributed by atoms with Crippen LogP contribution in [0.3, 0.4) is 0 Å². The lowest BCUT2D eigenvalue weighted by Gasteiger charge is -2.15. The topological polar surface area (TPSA) is 97.8 Å². The van der Waals surface area contributed by atoms with Crippen LogP contribution in [0.1, 0.15) is 12.5 Å². The Morgan fingerprint density at radius 3 is 2.56 bits per heavy atom. The number of amides is 1. The Bertz CT molecular complexity index is 678. The molecular formula is C18H20N2O5. The molecule has 1 aromatic heterocycles.